The summed E-state index contributed by atoms with van der Waals surface area (Å²) >= 11 is 4.39. The highest BCUT2D eigenvalue weighted by Crippen LogP contribution is 2.24. The summed E-state index contributed by atoms with van der Waals surface area (Å²) in [6, 6.07) is 14.8. The first kappa shape index (κ1) is 13.2. The van der Waals surface area contributed by atoms with Crippen LogP contribution in [0.5, 0.6) is 0 Å². The molecule has 18 heavy (non-hydrogen) atoms. The van der Waals surface area contributed by atoms with Gasteiger partial charge in [0.05, 0.1) is 0 Å². The number of benzene rings is 2. The maximum absolute atomic E-state index is 8.81. The number of aliphatic hydroxyl groups excluding tert-OH is 1. The molecule has 0 heterocycles. The van der Waals surface area contributed by atoms with Gasteiger partial charge in [-0.3, -0.25) is 0 Å². The zero-order chi connectivity index (χ0) is 13.0. The molecular formula is C16H18OS. The molecule has 0 atom stereocenters. The van der Waals surface area contributed by atoms with Crippen molar-refractivity contribution < 1.29 is 5.11 Å². The zero-order valence-electron chi connectivity index (χ0n) is 10.6. The van der Waals surface area contributed by atoms with Crippen LogP contribution in [0.15, 0.2) is 47.4 Å². The molecule has 0 aliphatic heterocycles. The third-order valence-corrected chi connectivity index (χ3v) is 3.61. The van der Waals surface area contributed by atoms with E-state index in [-0.39, 0.29) is 6.61 Å². The second kappa shape index (κ2) is 6.07. The minimum absolute atomic E-state index is 0.254. The summed E-state index contributed by atoms with van der Waals surface area (Å²) in [5.41, 5.74) is 4.91. The third-order valence-electron chi connectivity index (χ3n) is 3.11. The van der Waals surface area contributed by atoms with Gasteiger partial charge in [-0.2, -0.15) is 0 Å². The van der Waals surface area contributed by atoms with Crippen molar-refractivity contribution in [2.75, 3.05) is 6.61 Å². The molecule has 0 amide bonds. The van der Waals surface area contributed by atoms with Gasteiger partial charge < -0.3 is 5.11 Å². The van der Waals surface area contributed by atoms with E-state index in [0.717, 1.165) is 17.7 Å². The molecule has 0 aromatic heterocycles. The summed E-state index contributed by atoms with van der Waals surface area (Å²) < 4.78 is 0. The molecule has 0 saturated carbocycles. The van der Waals surface area contributed by atoms with E-state index in [1.165, 1.54) is 22.3 Å². The van der Waals surface area contributed by atoms with Crippen LogP contribution in [0.3, 0.4) is 0 Å². The number of hydrogen-bond donors (Lipinski definition) is 2. The van der Waals surface area contributed by atoms with Gasteiger partial charge in [0, 0.05) is 11.5 Å². The van der Waals surface area contributed by atoms with E-state index in [1.54, 1.807) is 0 Å². The molecule has 1 N–H and O–H groups in total. The Bertz CT molecular complexity index is 517. The molecule has 0 saturated heterocycles. The summed E-state index contributed by atoms with van der Waals surface area (Å²) in [6.07, 6.45) is 1.76. The first-order valence-corrected chi connectivity index (χ1v) is 6.65. The first-order valence-electron chi connectivity index (χ1n) is 6.20. The smallest absolute Gasteiger partial charge is 0.0434 e. The quantitative estimate of drug-likeness (QED) is 0.798. The van der Waals surface area contributed by atoms with Crippen LogP contribution in [0.25, 0.3) is 11.1 Å². The summed E-state index contributed by atoms with van der Waals surface area (Å²) in [6.45, 7) is 2.33. The lowest BCUT2D eigenvalue weighted by atomic mass is 10.0. The summed E-state index contributed by atoms with van der Waals surface area (Å²) in [7, 11) is 0. The van der Waals surface area contributed by atoms with Gasteiger partial charge in [0.15, 0.2) is 0 Å². The van der Waals surface area contributed by atoms with Crippen LogP contribution in [-0.2, 0) is 6.42 Å². The molecule has 0 aliphatic rings. The Morgan fingerprint density at radius 1 is 1.00 bits per heavy atom. The largest absolute Gasteiger partial charge is 0.396 e. The molecule has 2 aromatic carbocycles. The average molecular weight is 258 g/mol. The van der Waals surface area contributed by atoms with Crippen LogP contribution >= 0.6 is 12.6 Å². The van der Waals surface area contributed by atoms with E-state index in [9.17, 15) is 0 Å². The van der Waals surface area contributed by atoms with Gasteiger partial charge in [0.1, 0.15) is 0 Å². The lowest BCUT2D eigenvalue weighted by Crippen LogP contribution is -1.89. The molecule has 0 bridgehead atoms. The van der Waals surface area contributed by atoms with Crippen molar-refractivity contribution in [2.45, 2.75) is 24.7 Å². The van der Waals surface area contributed by atoms with E-state index >= 15 is 0 Å². The molecule has 0 spiro atoms. The fourth-order valence-corrected chi connectivity index (χ4v) is 2.12. The molecule has 2 aromatic rings. The first-order chi connectivity index (χ1) is 8.70. The predicted octanol–water partition coefficient (Wildman–Crippen LogP) is 3.88. The van der Waals surface area contributed by atoms with Crippen LogP contribution in [0.2, 0.25) is 0 Å². The van der Waals surface area contributed by atoms with Crippen molar-refractivity contribution in [3.63, 3.8) is 0 Å². The second-order valence-electron chi connectivity index (χ2n) is 4.53. The van der Waals surface area contributed by atoms with Crippen molar-refractivity contribution in [2.24, 2.45) is 0 Å². The number of rotatable bonds is 4. The van der Waals surface area contributed by atoms with Crippen molar-refractivity contribution >= 4 is 12.6 Å². The minimum Gasteiger partial charge on any atom is -0.396 e. The summed E-state index contributed by atoms with van der Waals surface area (Å²) in [5, 5.41) is 8.81. The lowest BCUT2D eigenvalue weighted by Gasteiger charge is -2.06. The summed E-state index contributed by atoms with van der Waals surface area (Å²) in [5.74, 6) is 0. The Morgan fingerprint density at radius 2 is 1.67 bits per heavy atom. The molecular weight excluding hydrogens is 240 g/mol. The fourth-order valence-electron chi connectivity index (χ4n) is 1.98. The van der Waals surface area contributed by atoms with Crippen molar-refractivity contribution in [3.05, 3.63) is 53.6 Å². The Morgan fingerprint density at radius 3 is 2.28 bits per heavy atom. The van der Waals surface area contributed by atoms with E-state index in [1.807, 2.05) is 6.07 Å². The van der Waals surface area contributed by atoms with E-state index in [2.05, 4.69) is 56.0 Å². The Labute approximate surface area is 114 Å². The highest BCUT2D eigenvalue weighted by atomic mass is 32.1. The summed E-state index contributed by atoms with van der Waals surface area (Å²) in [4.78, 5) is 1.03. The number of hydrogen-bond acceptors (Lipinski definition) is 2. The van der Waals surface area contributed by atoms with E-state index in [0.29, 0.717) is 0 Å². The Hall–Kier alpha value is -1.25. The topological polar surface area (TPSA) is 20.2 Å². The van der Waals surface area contributed by atoms with Gasteiger partial charge in [-0.25, -0.2) is 0 Å². The van der Waals surface area contributed by atoms with Crippen LogP contribution in [-0.4, -0.2) is 11.7 Å². The standard InChI is InChI=1S/C16H18OS/c1-12-11-15(8-9-16(12)18)14-6-4-13(5-7-14)3-2-10-17/h4-9,11,17-18H,2-3,10H2,1H3. The van der Waals surface area contributed by atoms with Gasteiger partial charge in [-0.05, 0) is 48.1 Å². The van der Waals surface area contributed by atoms with Gasteiger partial charge >= 0.3 is 0 Å². The van der Waals surface area contributed by atoms with Crippen molar-refractivity contribution in [1.82, 2.24) is 0 Å². The average Bonchev–Trinajstić information content (AvgIpc) is 2.40. The molecule has 0 aliphatic carbocycles. The van der Waals surface area contributed by atoms with Crippen LogP contribution < -0.4 is 0 Å². The normalized spacial score (nSPS) is 10.6. The number of aliphatic hydroxyl groups is 1. The minimum atomic E-state index is 0.254. The number of thiol groups is 1. The molecule has 0 radical (unpaired) electrons. The third kappa shape index (κ3) is 3.15. The predicted molar refractivity (Wildman–Crippen MR) is 79.3 cm³/mol. The van der Waals surface area contributed by atoms with Gasteiger partial charge in [-0.1, -0.05) is 36.4 Å². The Kier molecular flexibility index (Phi) is 4.45. The van der Waals surface area contributed by atoms with E-state index < -0.39 is 0 Å². The van der Waals surface area contributed by atoms with Gasteiger partial charge in [0.25, 0.3) is 0 Å². The second-order valence-corrected chi connectivity index (χ2v) is 5.01. The lowest BCUT2D eigenvalue weighted by molar-refractivity contribution is 0.288. The molecule has 1 nitrogen and oxygen atoms in total. The van der Waals surface area contributed by atoms with Crippen molar-refractivity contribution in [1.29, 1.82) is 0 Å². The van der Waals surface area contributed by atoms with Crippen LogP contribution in [0.4, 0.5) is 0 Å². The highest BCUT2D eigenvalue weighted by Gasteiger charge is 2.00. The Balaban J connectivity index is 2.20. The molecule has 2 heteroatoms. The van der Waals surface area contributed by atoms with Gasteiger partial charge in [0.2, 0.25) is 0 Å². The van der Waals surface area contributed by atoms with Crippen LogP contribution in [0, 0.1) is 6.92 Å². The molecule has 0 unspecified atom stereocenters. The molecule has 2 rings (SSSR count). The fraction of sp³-hybridized carbons (Fsp3) is 0.250. The molecule has 94 valence electrons. The number of aryl methyl sites for hydroxylation is 2. The zero-order valence-corrected chi connectivity index (χ0v) is 11.5. The SMILES string of the molecule is Cc1cc(-c2ccc(CCCO)cc2)ccc1S. The van der Waals surface area contributed by atoms with Gasteiger partial charge in [-0.15, -0.1) is 12.6 Å². The van der Waals surface area contributed by atoms with Crippen molar-refractivity contribution in [3.8, 4) is 11.1 Å². The maximum Gasteiger partial charge on any atom is 0.0434 e. The molecule has 0 fully saturated rings. The van der Waals surface area contributed by atoms with E-state index in [4.69, 9.17) is 5.11 Å². The highest BCUT2D eigenvalue weighted by molar-refractivity contribution is 7.80. The van der Waals surface area contributed by atoms with Crippen LogP contribution in [0.1, 0.15) is 17.5 Å². The monoisotopic (exact) mass is 258 g/mol. The maximum atomic E-state index is 8.81.